The average molecular weight is 173 g/mol. The SMILES string of the molecule is CCC[C](C)C1SC=CS1. The molecule has 0 aromatic heterocycles. The minimum atomic E-state index is 0.722. The third-order valence-corrected chi connectivity index (χ3v) is 4.23. The van der Waals surface area contributed by atoms with Gasteiger partial charge in [-0.15, -0.1) is 23.5 Å². The summed E-state index contributed by atoms with van der Waals surface area (Å²) in [5.74, 6) is 1.63. The van der Waals surface area contributed by atoms with Gasteiger partial charge < -0.3 is 0 Å². The molecular formula is C8H13S2. The monoisotopic (exact) mass is 173 g/mol. The molecule has 0 unspecified atom stereocenters. The third-order valence-electron chi connectivity index (χ3n) is 1.51. The molecule has 1 heterocycles. The molecule has 1 aliphatic rings. The zero-order chi connectivity index (χ0) is 7.40. The quantitative estimate of drug-likeness (QED) is 0.639. The third kappa shape index (κ3) is 2.24. The minimum absolute atomic E-state index is 0.722. The predicted octanol–water partition coefficient (Wildman–Crippen LogP) is 3.66. The van der Waals surface area contributed by atoms with E-state index in [9.17, 15) is 0 Å². The summed E-state index contributed by atoms with van der Waals surface area (Å²) in [7, 11) is 0. The molecule has 0 amide bonds. The summed E-state index contributed by atoms with van der Waals surface area (Å²) in [6, 6.07) is 0. The fourth-order valence-corrected chi connectivity index (χ4v) is 3.12. The average Bonchev–Trinajstić information content (AvgIpc) is 2.38. The summed E-state index contributed by atoms with van der Waals surface area (Å²) in [5.41, 5.74) is 0. The Morgan fingerprint density at radius 3 is 2.50 bits per heavy atom. The molecule has 0 aromatic rings. The Balaban J connectivity index is 2.21. The Labute approximate surface area is 71.8 Å². The number of thioether (sulfide) groups is 2. The lowest BCUT2D eigenvalue weighted by molar-refractivity contribution is 0.801. The predicted molar refractivity (Wildman–Crippen MR) is 51.9 cm³/mol. The Hall–Kier alpha value is 0.440. The van der Waals surface area contributed by atoms with Crippen LogP contribution in [0.25, 0.3) is 0 Å². The van der Waals surface area contributed by atoms with Crippen LogP contribution < -0.4 is 0 Å². The smallest absolute Gasteiger partial charge is 0.0644 e. The van der Waals surface area contributed by atoms with Crippen LogP contribution in [0.1, 0.15) is 26.7 Å². The van der Waals surface area contributed by atoms with Crippen molar-refractivity contribution in [2.45, 2.75) is 31.3 Å². The van der Waals surface area contributed by atoms with E-state index < -0.39 is 0 Å². The van der Waals surface area contributed by atoms with Crippen LogP contribution in [0.4, 0.5) is 0 Å². The van der Waals surface area contributed by atoms with E-state index in [1.807, 2.05) is 23.5 Å². The van der Waals surface area contributed by atoms with Gasteiger partial charge in [0, 0.05) is 0 Å². The van der Waals surface area contributed by atoms with Crippen LogP contribution in [0.15, 0.2) is 10.8 Å². The van der Waals surface area contributed by atoms with E-state index in [-0.39, 0.29) is 0 Å². The van der Waals surface area contributed by atoms with Gasteiger partial charge in [-0.2, -0.15) is 0 Å². The van der Waals surface area contributed by atoms with Gasteiger partial charge in [0.05, 0.1) is 4.58 Å². The zero-order valence-corrected chi connectivity index (χ0v) is 8.10. The molecule has 0 atom stereocenters. The Morgan fingerprint density at radius 1 is 1.40 bits per heavy atom. The van der Waals surface area contributed by atoms with Gasteiger partial charge in [0.15, 0.2) is 0 Å². The van der Waals surface area contributed by atoms with E-state index >= 15 is 0 Å². The van der Waals surface area contributed by atoms with Crippen LogP contribution in [0.5, 0.6) is 0 Å². The topological polar surface area (TPSA) is 0 Å². The van der Waals surface area contributed by atoms with Crippen LogP contribution in [0.3, 0.4) is 0 Å². The first-order valence-electron chi connectivity index (χ1n) is 3.63. The molecule has 1 rings (SSSR count). The van der Waals surface area contributed by atoms with E-state index in [1.54, 1.807) is 5.92 Å². The minimum Gasteiger partial charge on any atom is -0.118 e. The Kier molecular flexibility index (Phi) is 3.71. The first-order chi connectivity index (χ1) is 4.84. The van der Waals surface area contributed by atoms with Crippen molar-refractivity contribution in [1.29, 1.82) is 0 Å². The van der Waals surface area contributed by atoms with Gasteiger partial charge in [0.25, 0.3) is 0 Å². The summed E-state index contributed by atoms with van der Waals surface area (Å²) in [6.07, 6.45) is 2.57. The van der Waals surface area contributed by atoms with Crippen molar-refractivity contribution in [3.8, 4) is 0 Å². The van der Waals surface area contributed by atoms with E-state index in [2.05, 4.69) is 24.7 Å². The number of rotatable bonds is 3. The summed E-state index contributed by atoms with van der Waals surface area (Å²) in [6.45, 7) is 4.50. The van der Waals surface area contributed by atoms with Gasteiger partial charge >= 0.3 is 0 Å². The first kappa shape index (κ1) is 8.54. The molecule has 0 saturated carbocycles. The zero-order valence-electron chi connectivity index (χ0n) is 6.46. The van der Waals surface area contributed by atoms with Gasteiger partial charge in [0.1, 0.15) is 0 Å². The molecule has 0 saturated heterocycles. The highest BCUT2D eigenvalue weighted by Crippen LogP contribution is 2.40. The van der Waals surface area contributed by atoms with Crippen molar-refractivity contribution in [3.05, 3.63) is 16.7 Å². The molecule has 10 heavy (non-hydrogen) atoms. The van der Waals surface area contributed by atoms with Gasteiger partial charge in [-0.3, -0.25) is 0 Å². The summed E-state index contributed by atoms with van der Waals surface area (Å²) in [5, 5.41) is 4.38. The maximum Gasteiger partial charge on any atom is 0.0644 e. The molecule has 57 valence electrons. The Morgan fingerprint density at radius 2 is 2.00 bits per heavy atom. The molecule has 0 bridgehead atoms. The van der Waals surface area contributed by atoms with Crippen LogP contribution in [0.2, 0.25) is 0 Å². The summed E-state index contributed by atoms with van der Waals surface area (Å²) >= 11 is 3.87. The van der Waals surface area contributed by atoms with Gasteiger partial charge in [-0.05, 0) is 23.2 Å². The molecule has 0 aliphatic carbocycles. The standard InChI is InChI=1S/C8H13S2/c1-3-4-7(2)8-9-5-6-10-8/h5-6,8H,3-4H2,1-2H3. The van der Waals surface area contributed by atoms with Gasteiger partial charge in [0.2, 0.25) is 0 Å². The highest BCUT2D eigenvalue weighted by atomic mass is 32.2. The first-order valence-corrected chi connectivity index (χ1v) is 5.51. The van der Waals surface area contributed by atoms with Crippen LogP contribution in [-0.2, 0) is 0 Å². The van der Waals surface area contributed by atoms with E-state index in [0.29, 0.717) is 0 Å². The highest BCUT2D eigenvalue weighted by Gasteiger charge is 2.18. The molecule has 1 aliphatic heterocycles. The largest absolute Gasteiger partial charge is 0.118 e. The van der Waals surface area contributed by atoms with Crippen molar-refractivity contribution in [2.75, 3.05) is 0 Å². The number of hydrogen-bond donors (Lipinski definition) is 0. The molecule has 0 nitrogen and oxygen atoms in total. The lowest BCUT2D eigenvalue weighted by Crippen LogP contribution is -2.03. The van der Waals surface area contributed by atoms with Crippen molar-refractivity contribution in [3.63, 3.8) is 0 Å². The van der Waals surface area contributed by atoms with Gasteiger partial charge in [-0.1, -0.05) is 20.3 Å². The van der Waals surface area contributed by atoms with Gasteiger partial charge in [-0.25, -0.2) is 0 Å². The van der Waals surface area contributed by atoms with E-state index in [1.165, 1.54) is 12.8 Å². The van der Waals surface area contributed by atoms with E-state index in [0.717, 1.165) is 4.58 Å². The highest BCUT2D eigenvalue weighted by molar-refractivity contribution is 8.22. The fourth-order valence-electron chi connectivity index (χ4n) is 0.983. The van der Waals surface area contributed by atoms with Crippen molar-refractivity contribution < 1.29 is 0 Å². The van der Waals surface area contributed by atoms with Crippen molar-refractivity contribution in [1.82, 2.24) is 0 Å². The summed E-state index contributed by atoms with van der Waals surface area (Å²) < 4.78 is 0.722. The molecular weight excluding hydrogens is 160 g/mol. The molecule has 0 N–H and O–H groups in total. The number of hydrogen-bond acceptors (Lipinski definition) is 2. The lowest BCUT2D eigenvalue weighted by atomic mass is 10.1. The molecule has 0 aromatic carbocycles. The van der Waals surface area contributed by atoms with Crippen LogP contribution in [-0.4, -0.2) is 4.58 Å². The molecule has 0 fully saturated rings. The molecule has 1 radical (unpaired) electrons. The second kappa shape index (κ2) is 4.35. The summed E-state index contributed by atoms with van der Waals surface area (Å²) in [4.78, 5) is 0. The van der Waals surface area contributed by atoms with Crippen molar-refractivity contribution in [2.24, 2.45) is 0 Å². The molecule has 0 spiro atoms. The maximum atomic E-state index is 2.27. The Bertz CT molecular complexity index is 112. The fraction of sp³-hybridized carbons (Fsp3) is 0.625. The second-order valence-corrected chi connectivity index (χ2v) is 4.80. The van der Waals surface area contributed by atoms with Crippen LogP contribution >= 0.6 is 23.5 Å². The molecule has 2 heteroatoms. The second-order valence-electron chi connectivity index (χ2n) is 2.47. The van der Waals surface area contributed by atoms with Crippen LogP contribution in [0, 0.1) is 5.92 Å². The van der Waals surface area contributed by atoms with E-state index in [4.69, 9.17) is 0 Å². The van der Waals surface area contributed by atoms with Crippen molar-refractivity contribution >= 4 is 23.5 Å². The lowest BCUT2D eigenvalue weighted by Gasteiger charge is -2.14. The normalized spacial score (nSPS) is 19.1. The maximum absolute atomic E-state index is 2.27.